The summed E-state index contributed by atoms with van der Waals surface area (Å²) in [4.78, 5) is 23.3. The standard InChI is InChI=1S/C12H15N5O2/c1-8(2)12(18)19-5-3-4-17-7-16-9-10(13)14-6-15-11(9)17/h6-7H,1,3-5H2,2H3,(H2,13,14,15). The maximum absolute atomic E-state index is 11.2. The zero-order valence-electron chi connectivity index (χ0n) is 10.7. The minimum absolute atomic E-state index is 0.325. The highest BCUT2D eigenvalue weighted by atomic mass is 16.5. The Hall–Kier alpha value is -2.44. The summed E-state index contributed by atoms with van der Waals surface area (Å²) in [5.74, 6) is -0.0143. The van der Waals surface area contributed by atoms with Crippen LogP contribution in [0.15, 0.2) is 24.8 Å². The Balaban J connectivity index is 1.94. The van der Waals surface area contributed by atoms with Crippen molar-refractivity contribution in [2.24, 2.45) is 0 Å². The van der Waals surface area contributed by atoms with Gasteiger partial charge in [0.05, 0.1) is 12.9 Å². The highest BCUT2D eigenvalue weighted by Crippen LogP contribution is 2.14. The van der Waals surface area contributed by atoms with Gasteiger partial charge in [0.25, 0.3) is 0 Å². The van der Waals surface area contributed by atoms with Gasteiger partial charge in [0, 0.05) is 12.1 Å². The molecule has 0 spiro atoms. The van der Waals surface area contributed by atoms with E-state index in [9.17, 15) is 4.79 Å². The molecule has 19 heavy (non-hydrogen) atoms. The van der Waals surface area contributed by atoms with E-state index in [1.807, 2.05) is 4.57 Å². The first-order valence-electron chi connectivity index (χ1n) is 5.83. The van der Waals surface area contributed by atoms with Crippen molar-refractivity contribution in [3.05, 3.63) is 24.8 Å². The fraction of sp³-hybridized carbons (Fsp3) is 0.333. The molecular weight excluding hydrogens is 246 g/mol. The smallest absolute Gasteiger partial charge is 0.333 e. The summed E-state index contributed by atoms with van der Waals surface area (Å²) in [6.45, 7) is 6.09. The monoisotopic (exact) mass is 261 g/mol. The number of nitrogen functional groups attached to an aromatic ring is 1. The molecule has 0 aliphatic rings. The van der Waals surface area contributed by atoms with E-state index in [1.165, 1.54) is 6.33 Å². The number of carbonyl (C=O) groups excluding carboxylic acids is 1. The van der Waals surface area contributed by atoms with Gasteiger partial charge in [-0.05, 0) is 13.3 Å². The minimum atomic E-state index is -0.373. The number of nitrogens with two attached hydrogens (primary N) is 1. The molecule has 2 aromatic rings. The summed E-state index contributed by atoms with van der Waals surface area (Å²) in [6, 6.07) is 0. The zero-order chi connectivity index (χ0) is 13.8. The first-order chi connectivity index (χ1) is 9.09. The van der Waals surface area contributed by atoms with Crippen LogP contribution in [-0.2, 0) is 16.1 Å². The first-order valence-corrected chi connectivity index (χ1v) is 5.83. The van der Waals surface area contributed by atoms with Crippen LogP contribution in [0.5, 0.6) is 0 Å². The fourth-order valence-corrected chi connectivity index (χ4v) is 1.59. The van der Waals surface area contributed by atoms with E-state index in [0.29, 0.717) is 42.1 Å². The summed E-state index contributed by atoms with van der Waals surface area (Å²) >= 11 is 0. The molecule has 0 aromatic carbocycles. The average Bonchev–Trinajstić information content (AvgIpc) is 2.79. The highest BCUT2D eigenvalue weighted by molar-refractivity contribution is 5.86. The van der Waals surface area contributed by atoms with Crippen LogP contribution in [-0.4, -0.2) is 32.1 Å². The zero-order valence-corrected chi connectivity index (χ0v) is 10.7. The van der Waals surface area contributed by atoms with Crippen molar-refractivity contribution in [3.63, 3.8) is 0 Å². The number of hydrogen-bond donors (Lipinski definition) is 1. The molecule has 0 amide bonds. The van der Waals surface area contributed by atoms with Gasteiger partial charge in [-0.3, -0.25) is 0 Å². The van der Waals surface area contributed by atoms with Crippen LogP contribution >= 0.6 is 0 Å². The quantitative estimate of drug-likeness (QED) is 0.488. The number of carbonyl (C=O) groups is 1. The number of nitrogens with zero attached hydrogens (tertiary/aromatic N) is 4. The third-order valence-electron chi connectivity index (χ3n) is 2.55. The van der Waals surface area contributed by atoms with Gasteiger partial charge in [0.1, 0.15) is 11.8 Å². The molecule has 0 unspecified atom stereocenters. The van der Waals surface area contributed by atoms with Gasteiger partial charge >= 0.3 is 5.97 Å². The second-order valence-corrected chi connectivity index (χ2v) is 4.14. The first kappa shape index (κ1) is 13.0. The Kier molecular flexibility index (Phi) is 3.74. The molecular formula is C12H15N5O2. The lowest BCUT2D eigenvalue weighted by molar-refractivity contribution is -0.139. The van der Waals surface area contributed by atoms with Crippen LogP contribution in [0.3, 0.4) is 0 Å². The number of ether oxygens (including phenoxy) is 1. The number of esters is 1. The molecule has 0 bridgehead atoms. The van der Waals surface area contributed by atoms with Crippen molar-refractivity contribution in [3.8, 4) is 0 Å². The van der Waals surface area contributed by atoms with Crippen molar-refractivity contribution in [2.75, 3.05) is 12.3 Å². The van der Waals surface area contributed by atoms with Gasteiger partial charge in [0.15, 0.2) is 11.5 Å². The normalized spacial score (nSPS) is 10.6. The number of aryl methyl sites for hydroxylation is 1. The molecule has 7 heteroatoms. The number of imidazole rings is 1. The molecule has 0 fully saturated rings. The Labute approximate surface area is 110 Å². The van der Waals surface area contributed by atoms with Crippen LogP contribution in [0, 0.1) is 0 Å². The van der Waals surface area contributed by atoms with Gasteiger partial charge in [-0.2, -0.15) is 0 Å². The van der Waals surface area contributed by atoms with E-state index in [4.69, 9.17) is 10.5 Å². The Bertz CT molecular complexity index is 620. The summed E-state index contributed by atoms with van der Waals surface area (Å²) in [7, 11) is 0. The number of aromatic nitrogens is 4. The fourth-order valence-electron chi connectivity index (χ4n) is 1.59. The number of rotatable bonds is 5. The molecule has 7 nitrogen and oxygen atoms in total. The van der Waals surface area contributed by atoms with Crippen LogP contribution in [0.1, 0.15) is 13.3 Å². The third-order valence-corrected chi connectivity index (χ3v) is 2.55. The molecule has 0 saturated carbocycles. The van der Waals surface area contributed by atoms with Gasteiger partial charge < -0.3 is 15.0 Å². The molecule has 2 heterocycles. The summed E-state index contributed by atoms with van der Waals surface area (Å²) < 4.78 is 6.86. The largest absolute Gasteiger partial charge is 0.462 e. The lowest BCUT2D eigenvalue weighted by Crippen LogP contribution is -2.08. The van der Waals surface area contributed by atoms with Crippen LogP contribution < -0.4 is 5.73 Å². The number of fused-ring (bicyclic) bond motifs is 1. The van der Waals surface area contributed by atoms with Crippen LogP contribution in [0.25, 0.3) is 11.2 Å². The predicted octanol–water partition coefficient (Wildman–Crippen LogP) is 0.918. The molecule has 0 radical (unpaired) electrons. The molecule has 2 rings (SSSR count). The Morgan fingerprint density at radius 1 is 1.47 bits per heavy atom. The van der Waals surface area contributed by atoms with Gasteiger partial charge in [-0.15, -0.1) is 0 Å². The van der Waals surface area contributed by atoms with Gasteiger partial charge in [-0.25, -0.2) is 19.7 Å². The highest BCUT2D eigenvalue weighted by Gasteiger charge is 2.08. The third kappa shape index (κ3) is 2.87. The second kappa shape index (κ2) is 5.47. The van der Waals surface area contributed by atoms with Gasteiger partial charge in [0.2, 0.25) is 0 Å². The minimum Gasteiger partial charge on any atom is -0.462 e. The topological polar surface area (TPSA) is 95.9 Å². The van der Waals surface area contributed by atoms with Crippen molar-refractivity contribution in [1.29, 1.82) is 0 Å². The van der Waals surface area contributed by atoms with E-state index in [-0.39, 0.29) is 5.97 Å². The molecule has 2 N–H and O–H groups in total. The molecule has 0 aliphatic carbocycles. The van der Waals surface area contributed by atoms with Crippen LogP contribution in [0.4, 0.5) is 5.82 Å². The second-order valence-electron chi connectivity index (χ2n) is 4.14. The average molecular weight is 261 g/mol. The molecule has 100 valence electrons. The molecule has 2 aromatic heterocycles. The van der Waals surface area contributed by atoms with Crippen LogP contribution in [0.2, 0.25) is 0 Å². The molecule has 0 saturated heterocycles. The van der Waals surface area contributed by atoms with E-state index in [0.717, 1.165) is 0 Å². The van der Waals surface area contributed by atoms with E-state index >= 15 is 0 Å². The Morgan fingerprint density at radius 2 is 2.26 bits per heavy atom. The van der Waals surface area contributed by atoms with E-state index in [2.05, 4.69) is 21.5 Å². The Morgan fingerprint density at radius 3 is 3.00 bits per heavy atom. The van der Waals surface area contributed by atoms with Crippen molar-refractivity contribution in [1.82, 2.24) is 19.5 Å². The summed E-state index contributed by atoms with van der Waals surface area (Å²) in [6.07, 6.45) is 3.71. The van der Waals surface area contributed by atoms with Gasteiger partial charge in [-0.1, -0.05) is 6.58 Å². The number of anilines is 1. The van der Waals surface area contributed by atoms with E-state index < -0.39 is 0 Å². The number of hydrogen-bond acceptors (Lipinski definition) is 6. The lowest BCUT2D eigenvalue weighted by Gasteiger charge is -2.05. The SMILES string of the molecule is C=C(C)C(=O)OCCCn1cnc2c(N)ncnc21. The maximum Gasteiger partial charge on any atom is 0.333 e. The lowest BCUT2D eigenvalue weighted by atomic mass is 10.3. The predicted molar refractivity (Wildman–Crippen MR) is 70.1 cm³/mol. The van der Waals surface area contributed by atoms with Crippen molar-refractivity contribution in [2.45, 2.75) is 19.9 Å². The molecule has 0 aliphatic heterocycles. The molecule has 0 atom stereocenters. The summed E-state index contributed by atoms with van der Waals surface area (Å²) in [5, 5.41) is 0. The summed E-state index contributed by atoms with van der Waals surface area (Å²) in [5.41, 5.74) is 7.35. The van der Waals surface area contributed by atoms with E-state index in [1.54, 1.807) is 13.3 Å². The van der Waals surface area contributed by atoms with Crippen molar-refractivity contribution >= 4 is 23.0 Å². The van der Waals surface area contributed by atoms with Crippen molar-refractivity contribution < 1.29 is 9.53 Å². The maximum atomic E-state index is 11.2.